The molecule has 0 saturated carbocycles. The highest BCUT2D eigenvalue weighted by Crippen LogP contribution is 2.31. The summed E-state index contributed by atoms with van der Waals surface area (Å²) in [5.41, 5.74) is 7.67. The van der Waals surface area contributed by atoms with Crippen molar-refractivity contribution in [3.05, 3.63) is 105 Å². The average Bonchev–Trinajstić information content (AvgIpc) is 3.09. The molecule has 0 aliphatic carbocycles. The van der Waals surface area contributed by atoms with Crippen LogP contribution in [0.1, 0.15) is 54.3 Å². The molecule has 38 heavy (non-hydrogen) atoms. The highest BCUT2D eigenvalue weighted by atomic mass is 16.5. The molecule has 6 nitrogen and oxygen atoms in total. The minimum Gasteiger partial charge on any atom is -0.493 e. The van der Waals surface area contributed by atoms with E-state index in [1.165, 1.54) is 22.3 Å². The predicted molar refractivity (Wildman–Crippen MR) is 155 cm³/mol. The molecule has 3 aromatic carbocycles. The van der Waals surface area contributed by atoms with Crippen molar-refractivity contribution >= 4 is 11.9 Å². The number of ether oxygens (including phenoxy) is 2. The quantitative estimate of drug-likeness (QED) is 0.258. The monoisotopic (exact) mass is 511 g/mol. The Kier molecular flexibility index (Phi) is 7.63. The minimum atomic E-state index is -0.164. The van der Waals surface area contributed by atoms with E-state index in [2.05, 4.69) is 51.7 Å². The van der Waals surface area contributed by atoms with E-state index in [4.69, 9.17) is 9.47 Å². The zero-order valence-corrected chi connectivity index (χ0v) is 23.6. The highest BCUT2D eigenvalue weighted by molar-refractivity contribution is 5.83. The number of rotatable bonds is 7. The molecule has 0 bridgehead atoms. The summed E-state index contributed by atoms with van der Waals surface area (Å²) < 4.78 is 15.3. The fourth-order valence-electron chi connectivity index (χ4n) is 4.53. The normalized spacial score (nSPS) is 11.8. The lowest BCUT2D eigenvalue weighted by atomic mass is 9.84. The van der Waals surface area contributed by atoms with Gasteiger partial charge in [-0.1, -0.05) is 51.1 Å². The third-order valence-electron chi connectivity index (χ3n) is 6.99. The maximum Gasteiger partial charge on any atom is 0.297 e. The molecule has 1 heterocycles. The van der Waals surface area contributed by atoms with Gasteiger partial charge in [-0.15, -0.1) is 0 Å². The summed E-state index contributed by atoms with van der Waals surface area (Å²) in [6.45, 7) is 13.3. The molecule has 1 aromatic heterocycles. The van der Waals surface area contributed by atoms with E-state index in [0.717, 1.165) is 16.9 Å². The number of methoxy groups -OCH3 is 1. The smallest absolute Gasteiger partial charge is 0.297 e. The molecule has 0 spiro atoms. The first-order valence-corrected chi connectivity index (χ1v) is 12.8. The SMILES string of the molecule is COc1cc(C=Nc2c(C)n(C)n(-c3ccccc3)c2=O)ccc1OCc1c(C)cc(C(C)(C)C)cc1C. The number of aryl methyl sites for hydroxylation is 2. The lowest BCUT2D eigenvalue weighted by Gasteiger charge is -2.22. The van der Waals surface area contributed by atoms with E-state index in [1.54, 1.807) is 18.0 Å². The molecule has 0 amide bonds. The van der Waals surface area contributed by atoms with Crippen LogP contribution in [0.2, 0.25) is 0 Å². The molecule has 6 heteroatoms. The maximum absolute atomic E-state index is 13.1. The molecule has 0 N–H and O–H groups in total. The second-order valence-corrected chi connectivity index (χ2v) is 10.7. The minimum absolute atomic E-state index is 0.0997. The molecule has 0 atom stereocenters. The molecule has 0 fully saturated rings. The summed E-state index contributed by atoms with van der Waals surface area (Å²) in [6.07, 6.45) is 1.69. The van der Waals surface area contributed by atoms with Crippen molar-refractivity contribution in [3.8, 4) is 17.2 Å². The summed E-state index contributed by atoms with van der Waals surface area (Å²) in [7, 11) is 3.48. The van der Waals surface area contributed by atoms with Crippen LogP contribution in [-0.4, -0.2) is 22.7 Å². The standard InChI is InChI=1S/C32H37N3O3/c1-21-16-25(32(4,5)6)17-22(2)27(21)20-38-28-15-14-24(18-29(28)37-8)19-33-30-23(3)34(7)35(31(30)36)26-12-10-9-11-13-26/h9-19H,20H2,1-8H3. The van der Waals surface area contributed by atoms with Crippen molar-refractivity contribution in [1.29, 1.82) is 0 Å². The number of hydrogen-bond acceptors (Lipinski definition) is 4. The Bertz CT molecular complexity index is 1510. The first kappa shape index (κ1) is 27.0. The summed E-state index contributed by atoms with van der Waals surface area (Å²) in [5.74, 6) is 1.27. The predicted octanol–water partition coefficient (Wildman–Crippen LogP) is 6.74. The summed E-state index contributed by atoms with van der Waals surface area (Å²) >= 11 is 0. The second-order valence-electron chi connectivity index (χ2n) is 10.7. The van der Waals surface area contributed by atoms with Gasteiger partial charge >= 0.3 is 0 Å². The molecule has 4 rings (SSSR count). The number of aromatic nitrogens is 2. The Morgan fingerprint density at radius 2 is 1.58 bits per heavy atom. The van der Waals surface area contributed by atoms with Crippen LogP contribution >= 0.6 is 0 Å². The number of hydrogen-bond donors (Lipinski definition) is 0. The zero-order valence-electron chi connectivity index (χ0n) is 23.6. The largest absolute Gasteiger partial charge is 0.493 e. The van der Waals surface area contributed by atoms with Gasteiger partial charge in [0.25, 0.3) is 5.56 Å². The van der Waals surface area contributed by atoms with Gasteiger partial charge in [0.15, 0.2) is 17.2 Å². The molecular weight excluding hydrogens is 474 g/mol. The van der Waals surface area contributed by atoms with Gasteiger partial charge in [-0.2, -0.15) is 0 Å². The molecule has 0 unspecified atom stereocenters. The van der Waals surface area contributed by atoms with Crippen molar-refractivity contribution in [3.63, 3.8) is 0 Å². The van der Waals surface area contributed by atoms with E-state index in [1.807, 2.05) is 67.2 Å². The van der Waals surface area contributed by atoms with E-state index < -0.39 is 0 Å². The van der Waals surface area contributed by atoms with Gasteiger partial charge < -0.3 is 9.47 Å². The third-order valence-corrected chi connectivity index (χ3v) is 6.99. The van der Waals surface area contributed by atoms with Crippen LogP contribution in [-0.2, 0) is 19.1 Å². The Balaban J connectivity index is 1.56. The number of nitrogens with zero attached hydrogens (tertiary/aromatic N) is 3. The van der Waals surface area contributed by atoms with Crippen LogP contribution in [0.25, 0.3) is 5.69 Å². The Morgan fingerprint density at radius 1 is 0.921 bits per heavy atom. The molecule has 0 saturated heterocycles. The fraction of sp³-hybridized carbons (Fsp3) is 0.312. The Labute approximate surface area is 225 Å². The Hall–Kier alpha value is -4.06. The first-order chi connectivity index (χ1) is 18.0. The van der Waals surface area contributed by atoms with E-state index in [9.17, 15) is 4.79 Å². The van der Waals surface area contributed by atoms with Gasteiger partial charge in [-0.25, -0.2) is 9.67 Å². The van der Waals surface area contributed by atoms with Gasteiger partial charge in [0.2, 0.25) is 0 Å². The van der Waals surface area contributed by atoms with E-state index >= 15 is 0 Å². The van der Waals surface area contributed by atoms with Crippen LogP contribution in [0.3, 0.4) is 0 Å². The second kappa shape index (κ2) is 10.7. The fourth-order valence-corrected chi connectivity index (χ4v) is 4.53. The molecular formula is C32H37N3O3. The van der Waals surface area contributed by atoms with Crippen LogP contribution in [0.5, 0.6) is 11.5 Å². The summed E-state index contributed by atoms with van der Waals surface area (Å²) in [6, 6.07) is 19.7. The maximum atomic E-state index is 13.1. The van der Waals surface area contributed by atoms with E-state index in [-0.39, 0.29) is 11.0 Å². The van der Waals surface area contributed by atoms with Crippen LogP contribution in [0.15, 0.2) is 70.5 Å². The summed E-state index contributed by atoms with van der Waals surface area (Å²) in [5, 5.41) is 0. The molecule has 0 radical (unpaired) electrons. The molecule has 0 aliphatic rings. The van der Waals surface area contributed by atoms with Gasteiger partial charge in [-0.05, 0) is 84.3 Å². The lowest BCUT2D eigenvalue weighted by Crippen LogP contribution is -2.19. The first-order valence-electron chi connectivity index (χ1n) is 12.8. The highest BCUT2D eigenvalue weighted by Gasteiger charge is 2.18. The third kappa shape index (κ3) is 5.44. The molecule has 0 aliphatic heterocycles. The molecule has 4 aromatic rings. The van der Waals surface area contributed by atoms with Gasteiger partial charge in [0, 0.05) is 13.3 Å². The van der Waals surface area contributed by atoms with Crippen molar-refractivity contribution in [2.24, 2.45) is 12.0 Å². The summed E-state index contributed by atoms with van der Waals surface area (Å²) in [4.78, 5) is 17.7. The van der Waals surface area contributed by atoms with Gasteiger partial charge in [-0.3, -0.25) is 9.48 Å². The van der Waals surface area contributed by atoms with Crippen molar-refractivity contribution in [1.82, 2.24) is 9.36 Å². The van der Waals surface area contributed by atoms with E-state index in [0.29, 0.717) is 23.8 Å². The van der Waals surface area contributed by atoms with Crippen LogP contribution in [0, 0.1) is 20.8 Å². The van der Waals surface area contributed by atoms with Crippen LogP contribution in [0.4, 0.5) is 5.69 Å². The molecule has 198 valence electrons. The zero-order chi connectivity index (χ0) is 27.6. The van der Waals surface area contributed by atoms with Gasteiger partial charge in [0.05, 0.1) is 18.5 Å². The number of para-hydroxylation sites is 1. The van der Waals surface area contributed by atoms with Crippen molar-refractivity contribution in [2.75, 3.05) is 7.11 Å². The Morgan fingerprint density at radius 3 is 2.18 bits per heavy atom. The average molecular weight is 512 g/mol. The van der Waals surface area contributed by atoms with Crippen LogP contribution < -0.4 is 15.0 Å². The van der Waals surface area contributed by atoms with Crippen molar-refractivity contribution < 1.29 is 9.47 Å². The van der Waals surface area contributed by atoms with Gasteiger partial charge in [0.1, 0.15) is 6.61 Å². The topological polar surface area (TPSA) is 57.8 Å². The van der Waals surface area contributed by atoms with Crippen molar-refractivity contribution in [2.45, 2.75) is 53.6 Å². The lowest BCUT2D eigenvalue weighted by molar-refractivity contribution is 0.283. The number of benzene rings is 3. The number of aliphatic imine (C=N–C) groups is 1.